The molecule has 1 fully saturated rings. The first-order valence-corrected chi connectivity index (χ1v) is 8.81. The SMILES string of the molecule is OC(c1cc2c(cc1-c1ccc3c(c1)OCCO3)OCCO2)C1CC1. The number of ether oxygens (including phenoxy) is 4. The molecule has 2 heterocycles. The van der Waals surface area contributed by atoms with Crippen LogP contribution >= 0.6 is 0 Å². The minimum absolute atomic E-state index is 0.332. The topological polar surface area (TPSA) is 57.2 Å². The summed E-state index contributed by atoms with van der Waals surface area (Å²) in [7, 11) is 0. The zero-order valence-corrected chi connectivity index (χ0v) is 13.9. The number of aliphatic hydroxyl groups is 1. The smallest absolute Gasteiger partial charge is 0.162 e. The van der Waals surface area contributed by atoms with Gasteiger partial charge in [-0.2, -0.15) is 0 Å². The molecule has 3 aliphatic rings. The lowest BCUT2D eigenvalue weighted by molar-refractivity contribution is 0.150. The van der Waals surface area contributed by atoms with E-state index in [9.17, 15) is 5.11 Å². The molecular weight excluding hydrogens is 320 g/mol. The largest absolute Gasteiger partial charge is 0.486 e. The highest BCUT2D eigenvalue weighted by Gasteiger charge is 2.33. The fourth-order valence-electron chi connectivity index (χ4n) is 3.48. The van der Waals surface area contributed by atoms with Crippen LogP contribution in [0.5, 0.6) is 23.0 Å². The molecule has 0 saturated heterocycles. The Hall–Kier alpha value is -2.40. The average Bonchev–Trinajstić information content (AvgIpc) is 3.51. The van der Waals surface area contributed by atoms with Crippen molar-refractivity contribution < 1.29 is 24.1 Å². The summed E-state index contributed by atoms with van der Waals surface area (Å²) in [5.74, 6) is 3.27. The van der Waals surface area contributed by atoms with Crippen LogP contribution in [0.3, 0.4) is 0 Å². The highest BCUT2D eigenvalue weighted by Crippen LogP contribution is 2.48. The maximum absolute atomic E-state index is 10.8. The van der Waals surface area contributed by atoms with Gasteiger partial charge in [0.1, 0.15) is 26.4 Å². The molecule has 1 N–H and O–H groups in total. The fourth-order valence-corrected chi connectivity index (χ4v) is 3.48. The molecule has 2 aromatic carbocycles. The van der Waals surface area contributed by atoms with Gasteiger partial charge in [-0.15, -0.1) is 0 Å². The first-order chi connectivity index (χ1) is 12.3. The van der Waals surface area contributed by atoms with Gasteiger partial charge in [-0.25, -0.2) is 0 Å². The molecule has 1 unspecified atom stereocenters. The Morgan fingerprint density at radius 1 is 0.760 bits per heavy atom. The number of hydrogen-bond acceptors (Lipinski definition) is 5. The number of hydrogen-bond donors (Lipinski definition) is 1. The first kappa shape index (κ1) is 14.9. The molecule has 0 spiro atoms. The zero-order valence-electron chi connectivity index (χ0n) is 13.9. The van der Waals surface area contributed by atoms with Crippen molar-refractivity contribution in [2.24, 2.45) is 5.92 Å². The van der Waals surface area contributed by atoms with Gasteiger partial charge in [0.25, 0.3) is 0 Å². The van der Waals surface area contributed by atoms with E-state index in [1.54, 1.807) is 0 Å². The molecule has 25 heavy (non-hydrogen) atoms. The monoisotopic (exact) mass is 340 g/mol. The third-order valence-corrected chi connectivity index (χ3v) is 4.95. The summed E-state index contributed by atoms with van der Waals surface area (Å²) in [6.45, 7) is 2.20. The zero-order chi connectivity index (χ0) is 16.8. The van der Waals surface area contributed by atoms with E-state index in [2.05, 4.69) is 0 Å². The standard InChI is InChI=1S/C20H20O5/c21-20(12-1-2-12)15-11-19-18(24-7-8-25-19)10-14(15)13-3-4-16-17(9-13)23-6-5-22-16/h3-4,9-12,20-21H,1-2,5-8H2. The Labute approximate surface area is 146 Å². The molecule has 1 atom stereocenters. The molecule has 0 amide bonds. The van der Waals surface area contributed by atoms with Crippen molar-refractivity contribution in [3.05, 3.63) is 35.9 Å². The van der Waals surface area contributed by atoms with Crippen molar-refractivity contribution in [2.75, 3.05) is 26.4 Å². The quantitative estimate of drug-likeness (QED) is 0.929. The summed E-state index contributed by atoms with van der Waals surface area (Å²) >= 11 is 0. The van der Waals surface area contributed by atoms with Gasteiger partial charge >= 0.3 is 0 Å². The van der Waals surface area contributed by atoms with E-state index < -0.39 is 6.10 Å². The molecule has 5 nitrogen and oxygen atoms in total. The third-order valence-electron chi connectivity index (χ3n) is 4.95. The fraction of sp³-hybridized carbons (Fsp3) is 0.400. The molecule has 0 bridgehead atoms. The van der Waals surface area contributed by atoms with Gasteiger partial charge in [0.15, 0.2) is 23.0 Å². The van der Waals surface area contributed by atoms with Crippen LogP contribution in [-0.4, -0.2) is 31.5 Å². The van der Waals surface area contributed by atoms with Crippen molar-refractivity contribution in [1.29, 1.82) is 0 Å². The van der Waals surface area contributed by atoms with Gasteiger partial charge in [0.2, 0.25) is 0 Å². The summed E-state index contributed by atoms with van der Waals surface area (Å²) < 4.78 is 22.8. The van der Waals surface area contributed by atoms with Crippen LogP contribution in [0.1, 0.15) is 24.5 Å². The second-order valence-electron chi connectivity index (χ2n) is 6.72. The van der Waals surface area contributed by atoms with Crippen LogP contribution in [0.4, 0.5) is 0 Å². The number of fused-ring (bicyclic) bond motifs is 2. The maximum Gasteiger partial charge on any atom is 0.162 e. The predicted molar refractivity (Wildman–Crippen MR) is 91.5 cm³/mol. The minimum Gasteiger partial charge on any atom is -0.486 e. The molecule has 2 aliphatic heterocycles. The van der Waals surface area contributed by atoms with E-state index in [1.807, 2.05) is 30.3 Å². The van der Waals surface area contributed by atoms with Gasteiger partial charge in [-0.1, -0.05) is 6.07 Å². The minimum atomic E-state index is -0.487. The maximum atomic E-state index is 10.8. The van der Waals surface area contributed by atoms with Gasteiger partial charge < -0.3 is 24.1 Å². The van der Waals surface area contributed by atoms with E-state index in [1.165, 1.54) is 0 Å². The van der Waals surface area contributed by atoms with Crippen LogP contribution in [0, 0.1) is 5.92 Å². The summed E-state index contributed by atoms with van der Waals surface area (Å²) in [5.41, 5.74) is 2.83. The summed E-state index contributed by atoms with van der Waals surface area (Å²) in [4.78, 5) is 0. The number of benzene rings is 2. The first-order valence-electron chi connectivity index (χ1n) is 8.81. The van der Waals surface area contributed by atoms with Crippen molar-refractivity contribution in [3.8, 4) is 34.1 Å². The Morgan fingerprint density at radius 3 is 2.04 bits per heavy atom. The lowest BCUT2D eigenvalue weighted by Gasteiger charge is -2.24. The highest BCUT2D eigenvalue weighted by molar-refractivity contribution is 5.74. The number of rotatable bonds is 3. The predicted octanol–water partition coefficient (Wildman–Crippen LogP) is 3.34. The molecule has 0 radical (unpaired) electrons. The molecule has 130 valence electrons. The Kier molecular flexibility index (Phi) is 3.48. The molecule has 1 saturated carbocycles. The van der Waals surface area contributed by atoms with Crippen molar-refractivity contribution in [1.82, 2.24) is 0 Å². The lowest BCUT2D eigenvalue weighted by Crippen LogP contribution is -2.16. The summed E-state index contributed by atoms with van der Waals surface area (Å²) in [6, 6.07) is 9.81. The lowest BCUT2D eigenvalue weighted by atomic mass is 9.93. The van der Waals surface area contributed by atoms with Crippen molar-refractivity contribution >= 4 is 0 Å². The second kappa shape index (κ2) is 5.85. The van der Waals surface area contributed by atoms with Crippen molar-refractivity contribution in [2.45, 2.75) is 18.9 Å². The summed E-state index contributed by atoms with van der Waals surface area (Å²) in [5, 5.41) is 10.8. The summed E-state index contributed by atoms with van der Waals surface area (Å²) in [6.07, 6.45) is 1.64. The molecule has 1 aliphatic carbocycles. The number of aliphatic hydroxyl groups excluding tert-OH is 1. The third kappa shape index (κ3) is 2.68. The van der Waals surface area contributed by atoms with Crippen LogP contribution in [0.15, 0.2) is 30.3 Å². The Morgan fingerprint density at radius 2 is 1.36 bits per heavy atom. The van der Waals surface area contributed by atoms with E-state index in [-0.39, 0.29) is 0 Å². The Bertz CT molecular complexity index is 812. The molecule has 5 heteroatoms. The van der Waals surface area contributed by atoms with E-state index in [4.69, 9.17) is 18.9 Å². The molecule has 5 rings (SSSR count). The van der Waals surface area contributed by atoms with Gasteiger partial charge in [0.05, 0.1) is 6.10 Å². The van der Waals surface area contributed by atoms with E-state index in [0.29, 0.717) is 38.1 Å². The highest BCUT2D eigenvalue weighted by atomic mass is 16.6. The van der Waals surface area contributed by atoms with Crippen molar-refractivity contribution in [3.63, 3.8) is 0 Å². The van der Waals surface area contributed by atoms with Gasteiger partial charge in [0, 0.05) is 0 Å². The normalized spacial score (nSPS) is 19.4. The van der Waals surface area contributed by atoms with Crippen LogP contribution in [-0.2, 0) is 0 Å². The van der Waals surface area contributed by atoms with Crippen LogP contribution in [0.2, 0.25) is 0 Å². The Balaban J connectivity index is 1.63. The van der Waals surface area contributed by atoms with Gasteiger partial charge in [-0.3, -0.25) is 0 Å². The van der Waals surface area contributed by atoms with E-state index in [0.717, 1.165) is 46.8 Å². The van der Waals surface area contributed by atoms with Crippen LogP contribution < -0.4 is 18.9 Å². The van der Waals surface area contributed by atoms with E-state index >= 15 is 0 Å². The molecule has 2 aromatic rings. The van der Waals surface area contributed by atoms with Crippen LogP contribution in [0.25, 0.3) is 11.1 Å². The molecule has 0 aromatic heterocycles. The average molecular weight is 340 g/mol. The second-order valence-corrected chi connectivity index (χ2v) is 6.72. The van der Waals surface area contributed by atoms with Gasteiger partial charge in [-0.05, 0) is 59.7 Å². The molecular formula is C20H20O5.